The van der Waals surface area contributed by atoms with Gasteiger partial charge < -0.3 is 15.7 Å². The van der Waals surface area contributed by atoms with Crippen LogP contribution in [0, 0.1) is 0 Å². The van der Waals surface area contributed by atoms with Crippen LogP contribution in [0.1, 0.15) is 37.5 Å². The molecule has 96 valence electrons. The van der Waals surface area contributed by atoms with Gasteiger partial charge in [-0.2, -0.15) is 0 Å². The molecule has 0 aliphatic carbocycles. The van der Waals surface area contributed by atoms with E-state index in [2.05, 4.69) is 23.7 Å². The Morgan fingerprint density at radius 3 is 2.65 bits per heavy atom. The molecule has 3 N–H and O–H groups in total. The zero-order chi connectivity index (χ0) is 12.5. The van der Waals surface area contributed by atoms with Gasteiger partial charge in [-0.3, -0.25) is 0 Å². The van der Waals surface area contributed by atoms with Crippen LogP contribution < -0.4 is 10.6 Å². The molecule has 1 fully saturated rings. The zero-order valence-corrected chi connectivity index (χ0v) is 11.3. The van der Waals surface area contributed by atoms with E-state index in [1.165, 1.54) is 4.88 Å². The molecule has 1 aromatic heterocycles. The molecule has 1 aliphatic heterocycles. The minimum atomic E-state index is -0.658. The van der Waals surface area contributed by atoms with Crippen molar-refractivity contribution in [2.45, 2.75) is 38.2 Å². The Hall–Kier alpha value is -0.650. The molecule has 0 aromatic carbocycles. The second-order valence-corrected chi connectivity index (χ2v) is 6.16. The number of piperidine rings is 1. The van der Waals surface area contributed by atoms with Gasteiger partial charge >= 0.3 is 0 Å². The molecule has 0 amide bonds. The molecule has 17 heavy (non-hydrogen) atoms. The number of nitrogens with zero attached hydrogens (tertiary/aromatic N) is 2. The number of hydrogen-bond donors (Lipinski definition) is 2. The standard InChI is InChI=1S/C12H21N3OS/c1-9(2)10-7-14-11(17-10)15-5-3-12(16,8-13)4-6-15/h7,9,16H,3-6,8,13H2,1-2H3. The predicted molar refractivity (Wildman–Crippen MR) is 71.7 cm³/mol. The lowest BCUT2D eigenvalue weighted by atomic mass is 9.92. The van der Waals surface area contributed by atoms with Gasteiger partial charge in [-0.1, -0.05) is 13.8 Å². The topological polar surface area (TPSA) is 62.4 Å². The van der Waals surface area contributed by atoms with Gasteiger partial charge in [0.2, 0.25) is 0 Å². The van der Waals surface area contributed by atoms with Crippen LogP contribution in [-0.2, 0) is 0 Å². The molecule has 0 radical (unpaired) electrons. The van der Waals surface area contributed by atoms with Crippen LogP contribution in [0.3, 0.4) is 0 Å². The van der Waals surface area contributed by atoms with Gasteiger partial charge in [-0.05, 0) is 18.8 Å². The van der Waals surface area contributed by atoms with Crippen molar-refractivity contribution < 1.29 is 5.11 Å². The van der Waals surface area contributed by atoms with Gasteiger partial charge in [0.05, 0.1) is 5.60 Å². The van der Waals surface area contributed by atoms with E-state index >= 15 is 0 Å². The quantitative estimate of drug-likeness (QED) is 0.860. The number of anilines is 1. The maximum absolute atomic E-state index is 10.1. The summed E-state index contributed by atoms with van der Waals surface area (Å²) in [6.45, 7) is 6.41. The number of aromatic nitrogens is 1. The first-order valence-electron chi connectivity index (χ1n) is 6.17. The maximum atomic E-state index is 10.1. The van der Waals surface area contributed by atoms with E-state index in [1.54, 1.807) is 11.3 Å². The monoisotopic (exact) mass is 255 g/mol. The lowest BCUT2D eigenvalue weighted by Gasteiger charge is -2.37. The van der Waals surface area contributed by atoms with Crippen LogP contribution in [-0.4, -0.2) is 35.3 Å². The van der Waals surface area contributed by atoms with Gasteiger partial charge in [-0.25, -0.2) is 4.98 Å². The summed E-state index contributed by atoms with van der Waals surface area (Å²) in [6, 6.07) is 0. The number of thiazole rings is 1. The van der Waals surface area contributed by atoms with Crippen LogP contribution in [0.2, 0.25) is 0 Å². The first-order valence-corrected chi connectivity index (χ1v) is 6.99. The average molecular weight is 255 g/mol. The highest BCUT2D eigenvalue weighted by Gasteiger charge is 2.31. The molecular formula is C12H21N3OS. The molecule has 1 saturated heterocycles. The van der Waals surface area contributed by atoms with E-state index < -0.39 is 5.60 Å². The van der Waals surface area contributed by atoms with Crippen LogP contribution in [0.5, 0.6) is 0 Å². The minimum Gasteiger partial charge on any atom is -0.388 e. The van der Waals surface area contributed by atoms with Crippen LogP contribution in [0.25, 0.3) is 0 Å². The number of aliphatic hydroxyl groups is 1. The van der Waals surface area contributed by atoms with E-state index in [9.17, 15) is 5.11 Å². The number of hydrogen-bond acceptors (Lipinski definition) is 5. The average Bonchev–Trinajstić information content (AvgIpc) is 2.79. The maximum Gasteiger partial charge on any atom is 0.185 e. The fraction of sp³-hybridized carbons (Fsp3) is 0.750. The molecule has 0 unspecified atom stereocenters. The van der Waals surface area contributed by atoms with Crippen molar-refractivity contribution >= 4 is 16.5 Å². The summed E-state index contributed by atoms with van der Waals surface area (Å²) in [5.74, 6) is 0.534. The van der Waals surface area contributed by atoms with Crippen molar-refractivity contribution in [2.24, 2.45) is 5.73 Å². The van der Waals surface area contributed by atoms with Crippen LogP contribution >= 0.6 is 11.3 Å². The van der Waals surface area contributed by atoms with E-state index in [0.717, 1.165) is 31.1 Å². The lowest BCUT2D eigenvalue weighted by Crippen LogP contribution is -2.48. The van der Waals surface area contributed by atoms with Crippen molar-refractivity contribution in [1.29, 1.82) is 0 Å². The largest absolute Gasteiger partial charge is 0.388 e. The molecule has 1 aliphatic rings. The third-order valence-electron chi connectivity index (χ3n) is 3.43. The van der Waals surface area contributed by atoms with Crippen molar-refractivity contribution in [3.8, 4) is 0 Å². The van der Waals surface area contributed by atoms with Gasteiger partial charge in [0.15, 0.2) is 5.13 Å². The molecule has 0 saturated carbocycles. The van der Waals surface area contributed by atoms with Crippen molar-refractivity contribution in [2.75, 3.05) is 24.5 Å². The van der Waals surface area contributed by atoms with E-state index in [1.807, 2.05) is 6.20 Å². The van der Waals surface area contributed by atoms with E-state index in [4.69, 9.17) is 5.73 Å². The van der Waals surface area contributed by atoms with Gasteiger partial charge in [0.1, 0.15) is 0 Å². The first kappa shape index (κ1) is 12.8. The minimum absolute atomic E-state index is 0.357. The Morgan fingerprint density at radius 2 is 2.18 bits per heavy atom. The Morgan fingerprint density at radius 1 is 1.53 bits per heavy atom. The highest BCUT2D eigenvalue weighted by atomic mass is 32.1. The fourth-order valence-corrected chi connectivity index (χ4v) is 2.98. The van der Waals surface area contributed by atoms with Crippen molar-refractivity contribution in [1.82, 2.24) is 4.98 Å². The summed E-state index contributed by atoms with van der Waals surface area (Å²) in [6.07, 6.45) is 3.44. The Bertz CT molecular complexity index is 370. The Balaban J connectivity index is 2.00. The second kappa shape index (κ2) is 4.92. The molecule has 0 atom stereocenters. The third kappa shape index (κ3) is 2.78. The molecule has 0 bridgehead atoms. The summed E-state index contributed by atoms with van der Waals surface area (Å²) in [7, 11) is 0. The smallest absolute Gasteiger partial charge is 0.185 e. The molecule has 2 rings (SSSR count). The van der Waals surface area contributed by atoms with E-state index in [0.29, 0.717) is 12.5 Å². The lowest BCUT2D eigenvalue weighted by molar-refractivity contribution is 0.0250. The molecular weight excluding hydrogens is 234 g/mol. The Labute approximate surface area is 106 Å². The highest BCUT2D eigenvalue weighted by molar-refractivity contribution is 7.15. The van der Waals surface area contributed by atoms with Crippen LogP contribution in [0.15, 0.2) is 6.20 Å². The summed E-state index contributed by atoms with van der Waals surface area (Å²) in [5.41, 5.74) is 4.93. The fourth-order valence-electron chi connectivity index (χ4n) is 2.01. The van der Waals surface area contributed by atoms with Gasteiger partial charge in [0.25, 0.3) is 0 Å². The van der Waals surface area contributed by atoms with Crippen molar-refractivity contribution in [3.63, 3.8) is 0 Å². The SMILES string of the molecule is CC(C)c1cnc(N2CCC(O)(CN)CC2)s1. The summed E-state index contributed by atoms with van der Waals surface area (Å²) in [4.78, 5) is 8.04. The zero-order valence-electron chi connectivity index (χ0n) is 10.5. The van der Waals surface area contributed by atoms with Gasteiger partial charge in [-0.15, -0.1) is 11.3 Å². The first-order chi connectivity index (χ1) is 8.04. The summed E-state index contributed by atoms with van der Waals surface area (Å²) >= 11 is 1.76. The number of nitrogens with two attached hydrogens (primary N) is 1. The van der Waals surface area contributed by atoms with Crippen molar-refractivity contribution in [3.05, 3.63) is 11.1 Å². The van der Waals surface area contributed by atoms with Crippen LogP contribution in [0.4, 0.5) is 5.13 Å². The molecule has 1 aromatic rings. The Kier molecular flexibility index (Phi) is 3.70. The molecule has 4 nitrogen and oxygen atoms in total. The normalized spacial score (nSPS) is 19.9. The summed E-state index contributed by atoms with van der Waals surface area (Å²) < 4.78 is 0. The molecule has 2 heterocycles. The molecule has 0 spiro atoms. The summed E-state index contributed by atoms with van der Waals surface area (Å²) in [5, 5.41) is 11.1. The van der Waals surface area contributed by atoms with Gasteiger partial charge in [0, 0.05) is 30.7 Å². The second-order valence-electron chi connectivity index (χ2n) is 5.12. The molecule has 5 heteroatoms. The third-order valence-corrected chi connectivity index (χ3v) is 4.78. The number of rotatable bonds is 3. The highest BCUT2D eigenvalue weighted by Crippen LogP contribution is 2.31. The predicted octanol–water partition coefficient (Wildman–Crippen LogP) is 1.56. The van der Waals surface area contributed by atoms with E-state index in [-0.39, 0.29) is 0 Å².